The van der Waals surface area contributed by atoms with Gasteiger partial charge in [0.25, 0.3) is 0 Å². The first-order valence-corrected chi connectivity index (χ1v) is 21.1. The van der Waals surface area contributed by atoms with E-state index in [0.717, 1.165) is 78.9 Å². The predicted octanol–water partition coefficient (Wildman–Crippen LogP) is 14.7. The Balaban J connectivity index is 1.28. The third-order valence-corrected chi connectivity index (χ3v) is 12.1. The molecule has 0 aliphatic heterocycles. The van der Waals surface area contributed by atoms with Crippen LogP contribution >= 0.6 is 0 Å². The number of hydrogen-bond donors (Lipinski definition) is 2. The molecule has 0 atom stereocenters. The molecule has 0 saturated heterocycles. The Morgan fingerprint density at radius 3 is 1.15 bits per heavy atom. The summed E-state index contributed by atoms with van der Waals surface area (Å²) in [6.07, 6.45) is 0. The number of benzene rings is 8. The lowest BCUT2D eigenvalue weighted by Crippen LogP contribution is -2.28. The maximum atomic E-state index is 6.86. The highest BCUT2D eigenvalue weighted by atomic mass is 16.5. The van der Waals surface area contributed by atoms with Crippen LogP contribution in [0.4, 0.5) is 11.4 Å². The molecule has 9 rings (SSSR count). The van der Waals surface area contributed by atoms with Gasteiger partial charge < -0.3 is 20.9 Å². The first kappa shape index (κ1) is 39.4. The highest BCUT2D eigenvalue weighted by Gasteiger charge is 2.46. The van der Waals surface area contributed by atoms with Crippen LogP contribution in [-0.4, -0.2) is 0 Å². The van der Waals surface area contributed by atoms with Gasteiger partial charge in [-0.05, 0) is 127 Å². The fourth-order valence-corrected chi connectivity index (χ4v) is 9.17. The second kappa shape index (κ2) is 15.2. The van der Waals surface area contributed by atoms with Gasteiger partial charge in [0.2, 0.25) is 0 Å². The summed E-state index contributed by atoms with van der Waals surface area (Å²) >= 11 is 0. The molecule has 0 aromatic heterocycles. The molecule has 0 saturated carbocycles. The van der Waals surface area contributed by atoms with Crippen molar-refractivity contribution in [2.45, 2.75) is 57.8 Å². The van der Waals surface area contributed by atoms with E-state index in [1.807, 2.05) is 24.3 Å². The Kier molecular flexibility index (Phi) is 9.83. The van der Waals surface area contributed by atoms with Gasteiger partial charge in [-0.15, -0.1) is 0 Å². The average molecular weight is 797 g/mol. The molecule has 0 fully saturated rings. The third kappa shape index (κ3) is 7.12. The van der Waals surface area contributed by atoms with E-state index >= 15 is 0 Å². The van der Waals surface area contributed by atoms with Crippen molar-refractivity contribution < 1.29 is 9.47 Å². The Morgan fingerprint density at radius 1 is 0.377 bits per heavy atom. The van der Waals surface area contributed by atoms with Crippen LogP contribution in [0.2, 0.25) is 0 Å². The summed E-state index contributed by atoms with van der Waals surface area (Å²) in [4.78, 5) is 0. The van der Waals surface area contributed by atoms with Crippen LogP contribution in [0.3, 0.4) is 0 Å². The van der Waals surface area contributed by atoms with Crippen molar-refractivity contribution in [3.8, 4) is 56.4 Å². The lowest BCUT2D eigenvalue weighted by molar-refractivity contribution is 0.480. The molecule has 0 heterocycles. The molecular formula is C57H52N2O2. The second-order valence-corrected chi connectivity index (χ2v) is 18.2. The zero-order valence-corrected chi connectivity index (χ0v) is 35.8. The number of ether oxygens (including phenoxy) is 2. The molecule has 1 aliphatic carbocycles. The number of nitrogen functional groups attached to an aromatic ring is 2. The van der Waals surface area contributed by atoms with Gasteiger partial charge in [0.15, 0.2) is 0 Å². The van der Waals surface area contributed by atoms with Crippen molar-refractivity contribution in [1.29, 1.82) is 0 Å². The summed E-state index contributed by atoms with van der Waals surface area (Å²) in [5, 5.41) is 0. The predicted molar refractivity (Wildman–Crippen MR) is 254 cm³/mol. The Labute approximate surface area is 360 Å². The van der Waals surface area contributed by atoms with Crippen LogP contribution in [0.15, 0.2) is 182 Å². The molecule has 1 aliphatic rings. The van der Waals surface area contributed by atoms with Crippen LogP contribution in [-0.2, 0) is 16.2 Å². The van der Waals surface area contributed by atoms with E-state index in [4.69, 9.17) is 20.9 Å². The molecule has 8 aromatic carbocycles. The number of nitrogens with two attached hydrogens (primary N) is 2. The van der Waals surface area contributed by atoms with Gasteiger partial charge in [0, 0.05) is 22.5 Å². The van der Waals surface area contributed by atoms with Crippen molar-refractivity contribution in [2.75, 3.05) is 11.5 Å². The van der Waals surface area contributed by atoms with Crippen molar-refractivity contribution in [1.82, 2.24) is 0 Å². The summed E-state index contributed by atoms with van der Waals surface area (Å²) < 4.78 is 13.7. The summed E-state index contributed by atoms with van der Waals surface area (Å²) in [6, 6.07) is 64.1. The fourth-order valence-electron chi connectivity index (χ4n) is 9.17. The second-order valence-electron chi connectivity index (χ2n) is 18.2. The van der Waals surface area contributed by atoms with E-state index in [1.54, 1.807) is 0 Å². The number of rotatable bonds is 8. The Bertz CT molecular complexity index is 2700. The third-order valence-electron chi connectivity index (χ3n) is 12.1. The van der Waals surface area contributed by atoms with Crippen LogP contribution in [0.5, 0.6) is 23.0 Å². The number of hydrogen-bond acceptors (Lipinski definition) is 4. The minimum Gasteiger partial charge on any atom is -0.457 e. The maximum Gasteiger partial charge on any atom is 0.135 e. The van der Waals surface area contributed by atoms with E-state index in [1.165, 1.54) is 22.3 Å². The molecule has 0 bridgehead atoms. The number of fused-ring (bicyclic) bond motifs is 3. The van der Waals surface area contributed by atoms with Crippen molar-refractivity contribution in [3.05, 3.63) is 215 Å². The average Bonchev–Trinajstić information content (AvgIpc) is 3.56. The Morgan fingerprint density at radius 2 is 0.754 bits per heavy atom. The number of anilines is 2. The van der Waals surface area contributed by atoms with Crippen LogP contribution in [0.1, 0.15) is 74.9 Å². The van der Waals surface area contributed by atoms with E-state index in [-0.39, 0.29) is 10.8 Å². The normalized spacial score (nSPS) is 13.0. The molecule has 61 heavy (non-hydrogen) atoms. The van der Waals surface area contributed by atoms with Gasteiger partial charge in [-0.3, -0.25) is 0 Å². The zero-order valence-electron chi connectivity index (χ0n) is 35.8. The smallest absolute Gasteiger partial charge is 0.135 e. The van der Waals surface area contributed by atoms with E-state index < -0.39 is 5.41 Å². The molecule has 8 aromatic rings. The van der Waals surface area contributed by atoms with Gasteiger partial charge >= 0.3 is 0 Å². The van der Waals surface area contributed by atoms with Crippen molar-refractivity contribution >= 4 is 11.4 Å². The maximum absolute atomic E-state index is 6.86. The minimum atomic E-state index is -0.696. The van der Waals surface area contributed by atoms with Crippen molar-refractivity contribution in [2.24, 2.45) is 0 Å². The molecule has 0 amide bonds. The fraction of sp³-hybridized carbons (Fsp3) is 0.158. The first-order valence-electron chi connectivity index (χ1n) is 21.1. The summed E-state index contributed by atoms with van der Waals surface area (Å²) in [5.74, 6) is 3.02. The van der Waals surface area contributed by atoms with Crippen LogP contribution < -0.4 is 20.9 Å². The van der Waals surface area contributed by atoms with Gasteiger partial charge in [0.1, 0.15) is 23.0 Å². The lowest BCUT2D eigenvalue weighted by atomic mass is 9.67. The largest absolute Gasteiger partial charge is 0.457 e. The molecule has 4 N–H and O–H groups in total. The van der Waals surface area contributed by atoms with Crippen molar-refractivity contribution in [3.63, 3.8) is 0 Å². The molecule has 0 radical (unpaired) electrons. The molecule has 4 nitrogen and oxygen atoms in total. The van der Waals surface area contributed by atoms with Gasteiger partial charge in [-0.1, -0.05) is 163 Å². The van der Waals surface area contributed by atoms with E-state index in [2.05, 4.69) is 199 Å². The summed E-state index contributed by atoms with van der Waals surface area (Å²) in [5.41, 5.74) is 26.8. The standard InChI is InChI=1S/C57H52N2O2/c1-55(2,3)49-35-41(27-29-51(49)58)60-53-31-25-39(33-45(53)37-17-9-7-10-18-37)57(47-23-15-13-21-43(47)44-22-14-16-24-48(44)57)40-26-32-54(46(34-40)38-19-11-8-12-20-38)61-42-28-30-52(59)50(36-42)56(4,5)6/h7-36H,58-59H2,1-6H3. The van der Waals surface area contributed by atoms with Crippen LogP contribution in [0, 0.1) is 0 Å². The summed E-state index contributed by atoms with van der Waals surface area (Å²) in [7, 11) is 0. The topological polar surface area (TPSA) is 70.5 Å². The van der Waals surface area contributed by atoms with Crippen LogP contribution in [0.25, 0.3) is 33.4 Å². The monoisotopic (exact) mass is 796 g/mol. The summed E-state index contributed by atoms with van der Waals surface area (Å²) in [6.45, 7) is 13.0. The minimum absolute atomic E-state index is 0.144. The highest BCUT2D eigenvalue weighted by Crippen LogP contribution is 2.58. The SMILES string of the molecule is CC(C)(C)c1cc(Oc2ccc(C3(c4ccc(Oc5ccc(N)c(C(C)(C)C)c5)c(-c5ccccc5)c4)c4ccccc4-c4ccccc43)cc2-c2ccccc2)ccc1N. The quantitative estimate of drug-likeness (QED) is 0.150. The molecule has 0 unspecified atom stereocenters. The van der Waals surface area contributed by atoms with Gasteiger partial charge in [-0.25, -0.2) is 0 Å². The van der Waals surface area contributed by atoms with E-state index in [0.29, 0.717) is 0 Å². The Hall–Kier alpha value is -7.04. The first-order chi connectivity index (χ1) is 29.3. The highest BCUT2D eigenvalue weighted by molar-refractivity contribution is 5.88. The lowest BCUT2D eigenvalue weighted by Gasteiger charge is -2.35. The van der Waals surface area contributed by atoms with Gasteiger partial charge in [-0.2, -0.15) is 0 Å². The molecule has 302 valence electrons. The molecule has 0 spiro atoms. The zero-order chi connectivity index (χ0) is 42.5. The molecular weight excluding hydrogens is 745 g/mol. The van der Waals surface area contributed by atoms with Gasteiger partial charge in [0.05, 0.1) is 5.41 Å². The molecule has 4 heteroatoms. The van der Waals surface area contributed by atoms with E-state index in [9.17, 15) is 0 Å².